The van der Waals surface area contributed by atoms with Gasteiger partial charge in [-0.3, -0.25) is 0 Å². The van der Waals surface area contributed by atoms with Gasteiger partial charge in [-0.2, -0.15) is 0 Å². The number of carbonyl (C=O) groups is 2. The molecule has 0 aromatic carbocycles. The Bertz CT molecular complexity index is 467. The second-order valence-electron chi connectivity index (χ2n) is 5.28. The minimum atomic E-state index is -1.82. The Balaban J connectivity index is 3.11. The summed E-state index contributed by atoms with van der Waals surface area (Å²) in [5.41, 5.74) is -0.999. The Morgan fingerprint density at radius 1 is 1.37 bits per heavy atom. The molecule has 0 unspecified atom stereocenters. The highest BCUT2D eigenvalue weighted by molar-refractivity contribution is 7.07. The van der Waals surface area contributed by atoms with Crippen LogP contribution < -0.4 is 4.90 Å². The quantitative estimate of drug-likeness (QED) is 0.671. The number of ether oxygens (including phenoxy) is 1. The van der Waals surface area contributed by atoms with E-state index in [-0.39, 0.29) is 0 Å². The fourth-order valence-corrected chi connectivity index (χ4v) is 1.92. The van der Waals surface area contributed by atoms with Crippen molar-refractivity contribution in [3.8, 4) is 0 Å². The number of likely N-dealkylation sites (N-methyl/N-ethyl adjacent to an activating group) is 1. The number of aromatic nitrogens is 1. The van der Waals surface area contributed by atoms with E-state index >= 15 is 0 Å². The average Bonchev–Trinajstić information content (AvgIpc) is 2.77. The van der Waals surface area contributed by atoms with E-state index in [1.54, 1.807) is 31.7 Å². The van der Waals surface area contributed by atoms with Crippen LogP contribution in [0.5, 0.6) is 0 Å². The molecule has 0 bridgehead atoms. The average molecular weight is 286 g/mol. The first-order valence-corrected chi connectivity index (χ1v) is 6.62. The van der Waals surface area contributed by atoms with Crippen molar-refractivity contribution in [3.05, 3.63) is 10.9 Å². The van der Waals surface area contributed by atoms with E-state index in [9.17, 15) is 14.7 Å². The van der Waals surface area contributed by atoms with Crippen molar-refractivity contribution < 1.29 is 19.4 Å². The fraction of sp³-hybridized carbons (Fsp3) is 0.583. The summed E-state index contributed by atoms with van der Waals surface area (Å²) >= 11 is 1.32. The number of hydrogen-bond acceptors (Lipinski definition) is 6. The highest BCUT2D eigenvalue weighted by Crippen LogP contribution is 2.25. The van der Waals surface area contributed by atoms with Gasteiger partial charge in [-0.15, -0.1) is 11.3 Å². The Morgan fingerprint density at radius 2 is 1.95 bits per heavy atom. The molecule has 1 aromatic rings. The van der Waals surface area contributed by atoms with Crippen molar-refractivity contribution >= 4 is 29.1 Å². The topological polar surface area (TPSA) is 79.7 Å². The van der Waals surface area contributed by atoms with Crippen molar-refractivity contribution in [3.63, 3.8) is 0 Å². The summed E-state index contributed by atoms with van der Waals surface area (Å²) in [7, 11) is 1.51. The molecule has 0 amide bonds. The third kappa shape index (κ3) is 3.23. The van der Waals surface area contributed by atoms with Gasteiger partial charge in [0, 0.05) is 12.4 Å². The van der Waals surface area contributed by atoms with Gasteiger partial charge >= 0.3 is 11.9 Å². The lowest BCUT2D eigenvalue weighted by atomic mass is 10.0. The Morgan fingerprint density at radius 3 is 2.32 bits per heavy atom. The van der Waals surface area contributed by atoms with Crippen LogP contribution in [0, 0.1) is 0 Å². The number of thiazole rings is 1. The second-order valence-corrected chi connectivity index (χ2v) is 6.00. The van der Waals surface area contributed by atoms with Crippen LogP contribution >= 0.6 is 11.3 Å². The van der Waals surface area contributed by atoms with Crippen molar-refractivity contribution in [1.29, 1.82) is 0 Å². The summed E-state index contributed by atoms with van der Waals surface area (Å²) in [6, 6.07) is 0. The smallest absolute Gasteiger partial charge is 0.344 e. The number of esters is 1. The predicted molar refractivity (Wildman–Crippen MR) is 72.4 cm³/mol. The molecule has 1 rings (SSSR count). The number of hydrogen-bond donors (Lipinski definition) is 1. The number of anilines is 1. The number of carboxylic acids is 1. The van der Waals surface area contributed by atoms with Crippen molar-refractivity contribution in [2.24, 2.45) is 0 Å². The van der Waals surface area contributed by atoms with Gasteiger partial charge in [-0.25, -0.2) is 14.6 Å². The Hall–Kier alpha value is -1.63. The van der Waals surface area contributed by atoms with E-state index in [4.69, 9.17) is 4.74 Å². The molecular formula is C12H18N2O4S. The molecule has 0 fully saturated rings. The standard InChI is InChI=1S/C12H18N2O4S/c1-11(2,3)18-10(17)12(4,9(15)16)14(5)8-6-19-7-13-8/h6-7H,1-5H3,(H,15,16)/t12-/m0/s1. The molecule has 1 heterocycles. The van der Waals surface area contributed by atoms with Crippen LogP contribution in [0.1, 0.15) is 27.7 Å². The maximum atomic E-state index is 12.2. The molecule has 1 atom stereocenters. The maximum Gasteiger partial charge on any atom is 0.344 e. The van der Waals surface area contributed by atoms with Crippen molar-refractivity contribution in [2.75, 3.05) is 11.9 Å². The first kappa shape index (κ1) is 15.4. The number of aliphatic carboxylic acids is 1. The molecule has 1 N–H and O–H groups in total. The van der Waals surface area contributed by atoms with E-state index < -0.39 is 23.1 Å². The van der Waals surface area contributed by atoms with Crippen LogP contribution in [0.4, 0.5) is 5.82 Å². The number of carboxylic acid groups (broad SMARTS) is 1. The highest BCUT2D eigenvalue weighted by atomic mass is 32.1. The Kier molecular flexibility index (Phi) is 4.19. The van der Waals surface area contributed by atoms with Gasteiger partial charge in [0.05, 0.1) is 5.51 Å². The highest BCUT2D eigenvalue weighted by Gasteiger charge is 2.49. The van der Waals surface area contributed by atoms with E-state index in [0.29, 0.717) is 5.82 Å². The normalized spacial score (nSPS) is 14.6. The molecule has 7 heteroatoms. The summed E-state index contributed by atoms with van der Waals surface area (Å²) < 4.78 is 5.20. The second kappa shape index (κ2) is 5.16. The first-order chi connectivity index (χ1) is 8.59. The van der Waals surface area contributed by atoms with Gasteiger partial charge < -0.3 is 14.7 Å². The zero-order chi connectivity index (χ0) is 14.8. The minimum Gasteiger partial charge on any atom is -0.479 e. The monoisotopic (exact) mass is 286 g/mol. The summed E-state index contributed by atoms with van der Waals surface area (Å²) in [5, 5.41) is 11.1. The zero-order valence-corrected chi connectivity index (χ0v) is 12.4. The lowest BCUT2D eigenvalue weighted by Crippen LogP contribution is -2.58. The molecule has 0 aliphatic rings. The van der Waals surface area contributed by atoms with Gasteiger partial charge in [-0.1, -0.05) is 0 Å². The summed E-state index contributed by atoms with van der Waals surface area (Å²) in [4.78, 5) is 29.0. The van der Waals surface area contributed by atoms with Crippen LogP contribution in [0.2, 0.25) is 0 Å². The van der Waals surface area contributed by atoms with Crippen LogP contribution in [-0.2, 0) is 14.3 Å². The molecular weight excluding hydrogens is 268 g/mol. The van der Waals surface area contributed by atoms with Gasteiger partial charge in [0.2, 0.25) is 5.54 Å². The van der Waals surface area contributed by atoms with Crippen molar-refractivity contribution in [2.45, 2.75) is 38.8 Å². The molecule has 6 nitrogen and oxygen atoms in total. The largest absolute Gasteiger partial charge is 0.479 e. The molecule has 0 aliphatic heterocycles. The van der Waals surface area contributed by atoms with Gasteiger partial charge in [0.1, 0.15) is 11.4 Å². The minimum absolute atomic E-state index is 0.417. The van der Waals surface area contributed by atoms with Crippen LogP contribution in [-0.4, -0.2) is 40.2 Å². The number of rotatable bonds is 4. The van der Waals surface area contributed by atoms with E-state index in [2.05, 4.69) is 4.98 Å². The number of carbonyl (C=O) groups excluding carboxylic acids is 1. The maximum absolute atomic E-state index is 12.2. The van der Waals surface area contributed by atoms with Crippen LogP contribution in [0.25, 0.3) is 0 Å². The lowest BCUT2D eigenvalue weighted by Gasteiger charge is -2.35. The Labute approximate surface area is 116 Å². The molecule has 0 spiro atoms. The van der Waals surface area contributed by atoms with Gasteiger partial charge in [0.25, 0.3) is 0 Å². The molecule has 0 aliphatic carbocycles. The van der Waals surface area contributed by atoms with Crippen LogP contribution in [0.3, 0.4) is 0 Å². The molecule has 0 radical (unpaired) electrons. The number of nitrogens with zero attached hydrogens (tertiary/aromatic N) is 2. The van der Waals surface area contributed by atoms with Crippen LogP contribution in [0.15, 0.2) is 10.9 Å². The van der Waals surface area contributed by atoms with Gasteiger partial charge in [-0.05, 0) is 27.7 Å². The van der Waals surface area contributed by atoms with E-state index in [0.717, 1.165) is 0 Å². The summed E-state index contributed by atoms with van der Waals surface area (Å²) in [5.74, 6) is -1.68. The first-order valence-electron chi connectivity index (χ1n) is 5.68. The zero-order valence-electron chi connectivity index (χ0n) is 11.6. The molecule has 1 aromatic heterocycles. The lowest BCUT2D eigenvalue weighted by molar-refractivity contribution is -0.168. The molecule has 106 valence electrons. The summed E-state index contributed by atoms with van der Waals surface area (Å²) in [6.45, 7) is 6.38. The van der Waals surface area contributed by atoms with E-state index in [1.165, 1.54) is 30.2 Å². The predicted octanol–water partition coefficient (Wildman–Crippen LogP) is 1.76. The molecule has 19 heavy (non-hydrogen) atoms. The fourth-order valence-electron chi connectivity index (χ4n) is 1.35. The van der Waals surface area contributed by atoms with Crippen molar-refractivity contribution in [1.82, 2.24) is 4.98 Å². The molecule has 0 saturated heterocycles. The molecule has 0 saturated carbocycles. The SMILES string of the molecule is CN(c1cscn1)[C@@](C)(C(=O)O)C(=O)OC(C)(C)C. The third-order valence-corrected chi connectivity index (χ3v) is 3.22. The summed E-state index contributed by atoms with van der Waals surface area (Å²) in [6.07, 6.45) is 0. The van der Waals surface area contributed by atoms with E-state index in [1.807, 2.05) is 0 Å². The third-order valence-electron chi connectivity index (χ3n) is 2.65. The van der Waals surface area contributed by atoms with Gasteiger partial charge in [0.15, 0.2) is 0 Å².